The standard InChI is InChI=1S/C25H40O5/c1-22-9-7-15(26)11-14(22)5-6-16-17-12-19-21(23(17,2)13-18(27)20(16)22)24(3,28)25(30-19)8-4-10-29-25/h14-21,26-28H,4-13H2,1-3H3/t14-,15+,16-,17-,18-,19-,20+,21-,22-,23-,24-,25+/m0/s1. The summed E-state index contributed by atoms with van der Waals surface area (Å²) in [5.41, 5.74) is -1.01. The van der Waals surface area contributed by atoms with Crippen molar-refractivity contribution in [2.24, 2.45) is 40.4 Å². The van der Waals surface area contributed by atoms with Gasteiger partial charge in [-0.1, -0.05) is 13.8 Å². The van der Waals surface area contributed by atoms with E-state index >= 15 is 0 Å². The maximum Gasteiger partial charge on any atom is 0.197 e. The lowest BCUT2D eigenvalue weighted by Crippen LogP contribution is -2.62. The number of hydrogen-bond donors (Lipinski definition) is 3. The summed E-state index contributed by atoms with van der Waals surface area (Å²) in [5, 5.41) is 33.7. The molecule has 5 nitrogen and oxygen atoms in total. The van der Waals surface area contributed by atoms with E-state index in [0.29, 0.717) is 30.3 Å². The van der Waals surface area contributed by atoms with E-state index in [1.165, 1.54) is 0 Å². The first-order chi connectivity index (χ1) is 14.1. The van der Waals surface area contributed by atoms with Gasteiger partial charge in [0.05, 0.1) is 24.9 Å². The van der Waals surface area contributed by atoms with Crippen molar-refractivity contribution in [2.75, 3.05) is 6.61 Å². The zero-order valence-corrected chi connectivity index (χ0v) is 18.8. The van der Waals surface area contributed by atoms with Crippen LogP contribution in [0.5, 0.6) is 0 Å². The van der Waals surface area contributed by atoms with E-state index in [2.05, 4.69) is 13.8 Å². The molecule has 30 heavy (non-hydrogen) atoms. The van der Waals surface area contributed by atoms with E-state index in [-0.39, 0.29) is 35.1 Å². The normalized spacial score (nSPS) is 64.6. The quantitative estimate of drug-likeness (QED) is 0.561. The summed E-state index contributed by atoms with van der Waals surface area (Å²) in [7, 11) is 0. The van der Waals surface area contributed by atoms with Crippen LogP contribution in [-0.2, 0) is 9.47 Å². The highest BCUT2D eigenvalue weighted by molar-refractivity contribution is 5.21. The van der Waals surface area contributed by atoms with Gasteiger partial charge in [0.15, 0.2) is 5.79 Å². The van der Waals surface area contributed by atoms with Crippen LogP contribution in [0.1, 0.15) is 78.6 Å². The molecule has 0 radical (unpaired) electrons. The fourth-order valence-electron chi connectivity index (χ4n) is 10.2. The minimum atomic E-state index is -1.01. The Hall–Kier alpha value is -0.200. The molecule has 170 valence electrons. The molecular weight excluding hydrogens is 380 g/mol. The minimum Gasteiger partial charge on any atom is -0.393 e. The molecule has 1 spiro atoms. The van der Waals surface area contributed by atoms with Crippen molar-refractivity contribution in [2.45, 2.75) is 108 Å². The summed E-state index contributed by atoms with van der Waals surface area (Å²) in [6.45, 7) is 7.33. The van der Waals surface area contributed by atoms with E-state index in [1.54, 1.807) is 0 Å². The van der Waals surface area contributed by atoms with Crippen LogP contribution in [0.15, 0.2) is 0 Å². The second kappa shape index (κ2) is 6.22. The third-order valence-electron chi connectivity index (χ3n) is 11.3. The Labute approximate surface area is 180 Å². The fraction of sp³-hybridized carbons (Fsp3) is 1.00. The van der Waals surface area contributed by atoms with Gasteiger partial charge in [0.2, 0.25) is 0 Å². The Kier molecular flexibility index (Phi) is 4.23. The maximum atomic E-state index is 11.8. The molecule has 0 amide bonds. The van der Waals surface area contributed by atoms with E-state index in [9.17, 15) is 15.3 Å². The molecule has 6 fully saturated rings. The molecule has 0 aromatic carbocycles. The van der Waals surface area contributed by atoms with Crippen molar-refractivity contribution in [3.05, 3.63) is 0 Å². The van der Waals surface area contributed by atoms with Crippen LogP contribution in [0.25, 0.3) is 0 Å². The highest BCUT2D eigenvalue weighted by Gasteiger charge is 2.75. The predicted molar refractivity (Wildman–Crippen MR) is 111 cm³/mol. The molecule has 2 saturated heterocycles. The largest absolute Gasteiger partial charge is 0.393 e. The number of aliphatic hydroxyl groups excluding tert-OH is 2. The molecule has 0 bridgehead atoms. The molecule has 0 aromatic rings. The van der Waals surface area contributed by atoms with Gasteiger partial charge in [-0.3, -0.25) is 0 Å². The Bertz CT molecular complexity index is 716. The number of aliphatic hydroxyl groups is 3. The molecule has 4 saturated carbocycles. The minimum absolute atomic E-state index is 0.0161. The summed E-state index contributed by atoms with van der Waals surface area (Å²) < 4.78 is 12.6. The molecule has 12 atom stereocenters. The number of fused-ring (bicyclic) bond motifs is 7. The lowest BCUT2D eigenvalue weighted by molar-refractivity contribution is -0.276. The van der Waals surface area contributed by atoms with Crippen molar-refractivity contribution in [3.8, 4) is 0 Å². The van der Waals surface area contributed by atoms with E-state index in [1.807, 2.05) is 6.92 Å². The zero-order chi connectivity index (χ0) is 21.1. The highest BCUT2D eigenvalue weighted by atomic mass is 16.7. The first-order valence-electron chi connectivity index (χ1n) is 12.5. The summed E-state index contributed by atoms with van der Waals surface area (Å²) in [5.74, 6) is 0.972. The van der Waals surface area contributed by atoms with Crippen LogP contribution in [0.2, 0.25) is 0 Å². The van der Waals surface area contributed by atoms with E-state index in [0.717, 1.165) is 57.8 Å². The highest BCUT2D eigenvalue weighted by Crippen LogP contribution is 2.72. The molecule has 6 rings (SSSR count). The second-order valence-corrected chi connectivity index (χ2v) is 12.5. The van der Waals surface area contributed by atoms with Gasteiger partial charge in [0.25, 0.3) is 0 Å². The Morgan fingerprint density at radius 1 is 0.933 bits per heavy atom. The second-order valence-electron chi connectivity index (χ2n) is 12.5. The Balaban J connectivity index is 1.35. The first kappa shape index (κ1) is 20.4. The molecule has 0 aromatic heterocycles. The average Bonchev–Trinajstić information content (AvgIpc) is 3.31. The van der Waals surface area contributed by atoms with Gasteiger partial charge in [0.1, 0.15) is 5.60 Å². The molecule has 2 aliphatic heterocycles. The van der Waals surface area contributed by atoms with Gasteiger partial charge in [-0.05, 0) is 92.8 Å². The molecular formula is C25H40O5. The van der Waals surface area contributed by atoms with Crippen LogP contribution in [0.4, 0.5) is 0 Å². The van der Waals surface area contributed by atoms with Crippen LogP contribution in [0, 0.1) is 40.4 Å². The number of hydrogen-bond acceptors (Lipinski definition) is 5. The average molecular weight is 421 g/mol. The van der Waals surface area contributed by atoms with Gasteiger partial charge < -0.3 is 24.8 Å². The van der Waals surface area contributed by atoms with Gasteiger partial charge in [-0.15, -0.1) is 0 Å². The number of rotatable bonds is 0. The van der Waals surface area contributed by atoms with Crippen molar-refractivity contribution < 1.29 is 24.8 Å². The lowest BCUT2D eigenvalue weighted by atomic mass is 9.43. The van der Waals surface area contributed by atoms with Crippen molar-refractivity contribution in [1.82, 2.24) is 0 Å². The van der Waals surface area contributed by atoms with Gasteiger partial charge >= 0.3 is 0 Å². The zero-order valence-electron chi connectivity index (χ0n) is 18.8. The van der Waals surface area contributed by atoms with E-state index in [4.69, 9.17) is 9.47 Å². The molecule has 4 aliphatic carbocycles. The third kappa shape index (κ3) is 2.32. The van der Waals surface area contributed by atoms with Crippen molar-refractivity contribution >= 4 is 0 Å². The van der Waals surface area contributed by atoms with Gasteiger partial charge in [-0.25, -0.2) is 0 Å². The third-order valence-corrected chi connectivity index (χ3v) is 11.3. The summed E-state index contributed by atoms with van der Waals surface area (Å²) >= 11 is 0. The topological polar surface area (TPSA) is 79.2 Å². The summed E-state index contributed by atoms with van der Waals surface area (Å²) in [6, 6.07) is 0. The SMILES string of the molecule is C[C@]12CC[C@@H](O)C[C@@H]1CC[C@@H]1[C@@H]2[C@@H](O)C[C@@]2(C)[C@H]1C[C@@H]1O[C@]3(CCCO3)[C@@](C)(O)[C@@H]12. The Morgan fingerprint density at radius 3 is 2.47 bits per heavy atom. The molecule has 0 unspecified atom stereocenters. The van der Waals surface area contributed by atoms with Crippen molar-refractivity contribution in [3.63, 3.8) is 0 Å². The van der Waals surface area contributed by atoms with Crippen LogP contribution in [0.3, 0.4) is 0 Å². The maximum absolute atomic E-state index is 11.8. The summed E-state index contributed by atoms with van der Waals surface area (Å²) in [4.78, 5) is 0. The summed E-state index contributed by atoms with van der Waals surface area (Å²) in [6.07, 6.45) is 8.06. The number of ether oxygens (including phenoxy) is 2. The van der Waals surface area contributed by atoms with Crippen molar-refractivity contribution in [1.29, 1.82) is 0 Å². The Morgan fingerprint density at radius 2 is 1.73 bits per heavy atom. The van der Waals surface area contributed by atoms with Gasteiger partial charge in [0, 0.05) is 12.3 Å². The first-order valence-corrected chi connectivity index (χ1v) is 12.5. The molecule has 5 heteroatoms. The molecule has 3 N–H and O–H groups in total. The van der Waals surface area contributed by atoms with Gasteiger partial charge in [-0.2, -0.15) is 0 Å². The molecule has 2 heterocycles. The lowest BCUT2D eigenvalue weighted by Gasteiger charge is -2.63. The fourth-order valence-corrected chi connectivity index (χ4v) is 10.2. The predicted octanol–water partition coefficient (Wildman–Crippen LogP) is 3.24. The van der Waals surface area contributed by atoms with Crippen LogP contribution in [-0.4, -0.2) is 51.6 Å². The smallest absolute Gasteiger partial charge is 0.197 e. The van der Waals surface area contributed by atoms with Crippen LogP contribution >= 0.6 is 0 Å². The molecule has 6 aliphatic rings. The van der Waals surface area contributed by atoms with E-state index < -0.39 is 11.4 Å². The van der Waals surface area contributed by atoms with Crippen LogP contribution < -0.4 is 0 Å². The monoisotopic (exact) mass is 420 g/mol.